The Balaban J connectivity index is 1.81. The van der Waals surface area contributed by atoms with Crippen molar-refractivity contribution in [3.8, 4) is 0 Å². The van der Waals surface area contributed by atoms with Crippen molar-refractivity contribution in [2.75, 3.05) is 18.4 Å². The summed E-state index contributed by atoms with van der Waals surface area (Å²) in [5, 5.41) is 13.9. The maximum atomic E-state index is 13.0. The lowest BCUT2D eigenvalue weighted by Crippen LogP contribution is -2.45. The van der Waals surface area contributed by atoms with E-state index in [1.807, 2.05) is 12.3 Å². The van der Waals surface area contributed by atoms with Gasteiger partial charge in [-0.05, 0) is 35.9 Å². The van der Waals surface area contributed by atoms with E-state index in [-0.39, 0.29) is 24.3 Å². The molecule has 3 rings (SSSR count). The fourth-order valence-electron chi connectivity index (χ4n) is 3.24. The van der Waals surface area contributed by atoms with Gasteiger partial charge in [-0.2, -0.15) is 0 Å². The van der Waals surface area contributed by atoms with Crippen LogP contribution in [0.5, 0.6) is 0 Å². The first-order valence-corrected chi connectivity index (χ1v) is 9.29. The lowest BCUT2D eigenvalue weighted by Gasteiger charge is -2.35. The van der Waals surface area contributed by atoms with Gasteiger partial charge in [-0.3, -0.25) is 14.4 Å². The first-order chi connectivity index (χ1) is 12.5. The van der Waals surface area contributed by atoms with Gasteiger partial charge >= 0.3 is 5.97 Å². The molecule has 1 aliphatic rings. The summed E-state index contributed by atoms with van der Waals surface area (Å²) in [6, 6.07) is 10.3. The average Bonchev–Trinajstić information content (AvgIpc) is 3.16. The number of hydrogen-bond acceptors (Lipinski definition) is 4. The van der Waals surface area contributed by atoms with Crippen molar-refractivity contribution in [1.29, 1.82) is 0 Å². The maximum absolute atomic E-state index is 13.0. The van der Waals surface area contributed by atoms with Crippen LogP contribution in [0.15, 0.2) is 41.8 Å². The van der Waals surface area contributed by atoms with Crippen molar-refractivity contribution >= 4 is 34.8 Å². The van der Waals surface area contributed by atoms with Crippen molar-refractivity contribution in [3.63, 3.8) is 0 Å². The van der Waals surface area contributed by atoms with Gasteiger partial charge in [-0.15, -0.1) is 11.3 Å². The summed E-state index contributed by atoms with van der Waals surface area (Å²) in [5.41, 5.74) is 0.802. The van der Waals surface area contributed by atoms with Crippen LogP contribution in [0, 0.1) is 11.8 Å². The number of carboxylic acids is 1. The topological polar surface area (TPSA) is 86.7 Å². The number of rotatable bonds is 4. The Morgan fingerprint density at radius 3 is 2.62 bits per heavy atom. The van der Waals surface area contributed by atoms with Crippen molar-refractivity contribution in [1.82, 2.24) is 4.90 Å². The number of hydrogen-bond donors (Lipinski definition) is 2. The van der Waals surface area contributed by atoms with Crippen LogP contribution >= 0.6 is 11.3 Å². The number of amides is 2. The molecule has 2 aromatic rings. The molecular weight excluding hydrogens is 352 g/mol. The summed E-state index contributed by atoms with van der Waals surface area (Å²) >= 11 is 1.32. The molecule has 0 aliphatic carbocycles. The number of carbonyl (C=O) groups is 3. The van der Waals surface area contributed by atoms with Gasteiger partial charge in [-0.25, -0.2) is 0 Å². The number of anilines is 1. The fourth-order valence-corrected chi connectivity index (χ4v) is 3.86. The van der Waals surface area contributed by atoms with Gasteiger partial charge in [-0.1, -0.05) is 25.1 Å². The molecule has 6 nitrogen and oxygen atoms in total. The average molecular weight is 372 g/mol. The first-order valence-electron chi connectivity index (χ1n) is 8.41. The molecule has 1 saturated heterocycles. The molecular formula is C19H20N2O4S. The SMILES string of the molecule is CC1CC(C(=O)O)CN(C(=O)c2ccccc2NC(=O)c2cccs2)C1. The smallest absolute Gasteiger partial charge is 0.308 e. The molecule has 136 valence electrons. The van der Waals surface area contributed by atoms with E-state index in [0.717, 1.165) is 0 Å². The molecule has 1 aliphatic heterocycles. The van der Waals surface area contributed by atoms with Crippen LogP contribution in [0.25, 0.3) is 0 Å². The second kappa shape index (κ2) is 7.70. The number of nitrogens with one attached hydrogen (secondary N) is 1. The summed E-state index contributed by atoms with van der Waals surface area (Å²) in [5.74, 6) is -1.86. The minimum atomic E-state index is -0.881. The second-order valence-corrected chi connectivity index (χ2v) is 7.51. The predicted octanol–water partition coefficient (Wildman–Crippen LogP) is 3.18. The molecule has 0 spiro atoms. The number of nitrogens with zero attached hydrogens (tertiary/aromatic N) is 1. The molecule has 1 fully saturated rings. The third kappa shape index (κ3) is 3.94. The Morgan fingerprint density at radius 1 is 1.15 bits per heavy atom. The zero-order valence-electron chi connectivity index (χ0n) is 14.3. The first kappa shape index (κ1) is 18.1. The van der Waals surface area contributed by atoms with E-state index >= 15 is 0 Å². The molecule has 26 heavy (non-hydrogen) atoms. The van der Waals surface area contributed by atoms with Crippen LogP contribution in [-0.2, 0) is 4.79 Å². The normalized spacial score (nSPS) is 19.8. The highest BCUT2D eigenvalue weighted by molar-refractivity contribution is 7.12. The Hall–Kier alpha value is -2.67. The van der Waals surface area contributed by atoms with Gasteiger partial charge in [0.1, 0.15) is 0 Å². The standard InChI is InChI=1S/C19H20N2O4S/c1-12-9-13(19(24)25)11-21(10-12)18(23)14-5-2-3-6-15(14)20-17(22)16-7-4-8-26-16/h2-8,12-13H,9-11H2,1H3,(H,20,22)(H,24,25). The summed E-state index contributed by atoms with van der Waals surface area (Å²) in [7, 11) is 0. The minimum Gasteiger partial charge on any atom is -0.481 e. The van der Waals surface area contributed by atoms with E-state index in [1.54, 1.807) is 41.3 Å². The van der Waals surface area contributed by atoms with Crippen molar-refractivity contribution in [2.24, 2.45) is 11.8 Å². The highest BCUT2D eigenvalue weighted by Crippen LogP contribution is 2.26. The molecule has 1 aromatic heterocycles. The van der Waals surface area contributed by atoms with Gasteiger partial charge < -0.3 is 15.3 Å². The highest BCUT2D eigenvalue weighted by Gasteiger charge is 2.33. The monoisotopic (exact) mass is 372 g/mol. The lowest BCUT2D eigenvalue weighted by atomic mass is 9.90. The number of benzene rings is 1. The molecule has 1 aromatic carbocycles. The highest BCUT2D eigenvalue weighted by atomic mass is 32.1. The zero-order valence-corrected chi connectivity index (χ0v) is 15.2. The number of carbonyl (C=O) groups excluding carboxylic acids is 2. The fraction of sp³-hybridized carbons (Fsp3) is 0.316. The summed E-state index contributed by atoms with van der Waals surface area (Å²) in [4.78, 5) is 38.8. The Kier molecular flexibility index (Phi) is 5.37. The number of para-hydroxylation sites is 1. The van der Waals surface area contributed by atoms with Crippen LogP contribution in [0.4, 0.5) is 5.69 Å². The third-order valence-electron chi connectivity index (χ3n) is 4.45. The zero-order chi connectivity index (χ0) is 18.7. The third-order valence-corrected chi connectivity index (χ3v) is 5.32. The maximum Gasteiger partial charge on any atom is 0.308 e. The van der Waals surface area contributed by atoms with Gasteiger partial charge in [0.05, 0.1) is 22.0 Å². The van der Waals surface area contributed by atoms with Crippen LogP contribution in [0.1, 0.15) is 33.4 Å². The van der Waals surface area contributed by atoms with E-state index in [4.69, 9.17) is 0 Å². The quantitative estimate of drug-likeness (QED) is 0.863. The summed E-state index contributed by atoms with van der Waals surface area (Å²) < 4.78 is 0. The minimum absolute atomic E-state index is 0.113. The second-order valence-electron chi connectivity index (χ2n) is 6.56. The van der Waals surface area contributed by atoms with Crippen molar-refractivity contribution < 1.29 is 19.5 Å². The molecule has 2 amide bonds. The van der Waals surface area contributed by atoms with E-state index in [1.165, 1.54) is 11.3 Å². The largest absolute Gasteiger partial charge is 0.481 e. The van der Waals surface area contributed by atoms with Gasteiger partial charge in [0.15, 0.2) is 0 Å². The van der Waals surface area contributed by atoms with Crippen LogP contribution in [0.3, 0.4) is 0 Å². The van der Waals surface area contributed by atoms with Crippen molar-refractivity contribution in [3.05, 3.63) is 52.2 Å². The number of likely N-dealkylation sites (tertiary alicyclic amines) is 1. The molecule has 0 radical (unpaired) electrons. The number of thiophene rings is 1. The molecule has 7 heteroatoms. The van der Waals surface area contributed by atoms with Gasteiger partial charge in [0.2, 0.25) is 0 Å². The van der Waals surface area contributed by atoms with Gasteiger partial charge in [0, 0.05) is 13.1 Å². The molecule has 0 saturated carbocycles. The Bertz CT molecular complexity index is 819. The molecule has 2 N–H and O–H groups in total. The molecule has 2 heterocycles. The summed E-state index contributed by atoms with van der Waals surface area (Å²) in [6.45, 7) is 2.64. The molecule has 0 bridgehead atoms. The number of piperidine rings is 1. The lowest BCUT2D eigenvalue weighted by molar-refractivity contribution is -0.143. The Morgan fingerprint density at radius 2 is 1.92 bits per heavy atom. The van der Waals surface area contributed by atoms with E-state index < -0.39 is 11.9 Å². The summed E-state index contributed by atoms with van der Waals surface area (Å²) in [6.07, 6.45) is 0.565. The van der Waals surface area contributed by atoms with E-state index in [2.05, 4.69) is 5.32 Å². The van der Waals surface area contributed by atoms with Gasteiger partial charge in [0.25, 0.3) is 11.8 Å². The van der Waals surface area contributed by atoms with Crippen molar-refractivity contribution in [2.45, 2.75) is 13.3 Å². The Labute approximate surface area is 155 Å². The molecule has 2 atom stereocenters. The van der Waals surface area contributed by atoms with Crippen LogP contribution in [-0.4, -0.2) is 40.9 Å². The predicted molar refractivity (Wildman–Crippen MR) is 99.5 cm³/mol. The van der Waals surface area contributed by atoms with E-state index in [9.17, 15) is 19.5 Å². The molecule has 2 unspecified atom stereocenters. The van der Waals surface area contributed by atoms with E-state index in [0.29, 0.717) is 29.1 Å². The number of aliphatic carboxylic acids is 1. The van der Waals surface area contributed by atoms with Crippen LogP contribution in [0.2, 0.25) is 0 Å². The van der Waals surface area contributed by atoms with Crippen LogP contribution < -0.4 is 5.32 Å². The number of carboxylic acid groups (broad SMARTS) is 1.